The summed E-state index contributed by atoms with van der Waals surface area (Å²) in [5.41, 5.74) is 2.30. The van der Waals surface area contributed by atoms with Crippen LogP contribution in [0.5, 0.6) is 11.5 Å². The number of amides is 1. The Morgan fingerprint density at radius 2 is 1.87 bits per heavy atom. The van der Waals surface area contributed by atoms with E-state index in [0.717, 1.165) is 12.0 Å². The molecule has 0 saturated heterocycles. The lowest BCUT2D eigenvalue weighted by Crippen LogP contribution is -2.45. The SMILES string of the molecule is CCC(NC(=O)C1COc2ccccc2O1)c1ccc(C)cc1. The third-order valence-electron chi connectivity index (χ3n) is 4.01. The fourth-order valence-corrected chi connectivity index (χ4v) is 2.63. The number of nitrogens with one attached hydrogen (secondary N) is 1. The Hall–Kier alpha value is -2.49. The summed E-state index contributed by atoms with van der Waals surface area (Å²) < 4.78 is 11.4. The maximum Gasteiger partial charge on any atom is 0.265 e. The Morgan fingerprint density at radius 3 is 2.57 bits per heavy atom. The van der Waals surface area contributed by atoms with Crippen molar-refractivity contribution in [1.29, 1.82) is 0 Å². The van der Waals surface area contributed by atoms with Crippen molar-refractivity contribution in [2.45, 2.75) is 32.4 Å². The molecule has 1 aliphatic rings. The van der Waals surface area contributed by atoms with Gasteiger partial charge in [0, 0.05) is 0 Å². The molecule has 0 aromatic heterocycles. The number of para-hydroxylation sites is 2. The predicted molar refractivity (Wildman–Crippen MR) is 88.7 cm³/mol. The van der Waals surface area contributed by atoms with Gasteiger partial charge in [0.1, 0.15) is 6.61 Å². The summed E-state index contributed by atoms with van der Waals surface area (Å²) in [6, 6.07) is 15.6. The first-order chi connectivity index (χ1) is 11.2. The molecule has 2 atom stereocenters. The van der Waals surface area contributed by atoms with Crippen LogP contribution in [0.25, 0.3) is 0 Å². The van der Waals surface area contributed by atoms with Gasteiger partial charge in [0.25, 0.3) is 5.91 Å². The van der Waals surface area contributed by atoms with Crippen LogP contribution in [-0.2, 0) is 4.79 Å². The summed E-state index contributed by atoms with van der Waals surface area (Å²) in [6.07, 6.45) is 0.197. The average Bonchev–Trinajstić information content (AvgIpc) is 2.60. The fourth-order valence-electron chi connectivity index (χ4n) is 2.63. The Bertz CT molecular complexity index is 681. The minimum absolute atomic E-state index is 0.0242. The number of carbonyl (C=O) groups excluding carboxylic acids is 1. The van der Waals surface area contributed by atoms with Gasteiger partial charge >= 0.3 is 0 Å². The molecule has 2 unspecified atom stereocenters. The molecule has 4 heteroatoms. The lowest BCUT2D eigenvalue weighted by atomic mass is 10.0. The summed E-state index contributed by atoms with van der Waals surface area (Å²) in [5, 5.41) is 3.06. The lowest BCUT2D eigenvalue weighted by molar-refractivity contribution is -0.131. The highest BCUT2D eigenvalue weighted by molar-refractivity contribution is 5.82. The predicted octanol–water partition coefficient (Wildman–Crippen LogP) is 3.40. The average molecular weight is 311 g/mol. The summed E-state index contributed by atoms with van der Waals surface area (Å²) in [6.45, 7) is 4.33. The molecule has 2 aromatic carbocycles. The number of hydrogen-bond acceptors (Lipinski definition) is 3. The summed E-state index contributed by atoms with van der Waals surface area (Å²) >= 11 is 0. The summed E-state index contributed by atoms with van der Waals surface area (Å²) in [7, 11) is 0. The summed E-state index contributed by atoms with van der Waals surface area (Å²) in [4.78, 5) is 12.5. The quantitative estimate of drug-likeness (QED) is 0.941. The second-order valence-corrected chi connectivity index (χ2v) is 5.74. The van der Waals surface area contributed by atoms with Crippen LogP contribution in [0, 0.1) is 6.92 Å². The van der Waals surface area contributed by atoms with Crippen molar-refractivity contribution in [3.8, 4) is 11.5 Å². The largest absolute Gasteiger partial charge is 0.485 e. The zero-order valence-electron chi connectivity index (χ0n) is 13.4. The van der Waals surface area contributed by atoms with Crippen LogP contribution in [0.15, 0.2) is 48.5 Å². The van der Waals surface area contributed by atoms with Gasteiger partial charge in [-0.3, -0.25) is 4.79 Å². The van der Waals surface area contributed by atoms with E-state index in [-0.39, 0.29) is 18.6 Å². The van der Waals surface area contributed by atoms with Crippen LogP contribution in [0.3, 0.4) is 0 Å². The normalized spacial score (nSPS) is 17.4. The molecule has 0 aliphatic carbocycles. The first-order valence-corrected chi connectivity index (χ1v) is 7.93. The van der Waals surface area contributed by atoms with E-state index < -0.39 is 6.10 Å². The first kappa shape index (κ1) is 15.4. The van der Waals surface area contributed by atoms with Crippen molar-refractivity contribution >= 4 is 5.91 Å². The Balaban J connectivity index is 1.67. The van der Waals surface area contributed by atoms with Gasteiger partial charge in [-0.15, -0.1) is 0 Å². The minimum atomic E-state index is -0.621. The van der Waals surface area contributed by atoms with Gasteiger partial charge in [0.2, 0.25) is 6.10 Å². The van der Waals surface area contributed by atoms with Gasteiger partial charge < -0.3 is 14.8 Å². The second-order valence-electron chi connectivity index (χ2n) is 5.74. The second kappa shape index (κ2) is 6.73. The van der Waals surface area contributed by atoms with E-state index in [1.165, 1.54) is 5.56 Å². The highest BCUT2D eigenvalue weighted by Crippen LogP contribution is 2.31. The van der Waals surface area contributed by atoms with Gasteiger partial charge in [-0.2, -0.15) is 0 Å². The zero-order chi connectivity index (χ0) is 16.2. The molecule has 1 N–H and O–H groups in total. The fraction of sp³-hybridized carbons (Fsp3) is 0.316. The smallest absolute Gasteiger partial charge is 0.265 e. The van der Waals surface area contributed by atoms with Crippen LogP contribution in [-0.4, -0.2) is 18.6 Å². The molecule has 1 heterocycles. The number of hydrogen-bond donors (Lipinski definition) is 1. The highest BCUT2D eigenvalue weighted by Gasteiger charge is 2.28. The van der Waals surface area contributed by atoms with Crippen molar-refractivity contribution < 1.29 is 14.3 Å². The number of benzene rings is 2. The lowest BCUT2D eigenvalue weighted by Gasteiger charge is -2.27. The van der Waals surface area contributed by atoms with Crippen LogP contribution >= 0.6 is 0 Å². The highest BCUT2D eigenvalue weighted by atomic mass is 16.6. The van der Waals surface area contributed by atoms with Crippen molar-refractivity contribution in [2.24, 2.45) is 0 Å². The van der Waals surface area contributed by atoms with E-state index in [0.29, 0.717) is 11.5 Å². The first-order valence-electron chi connectivity index (χ1n) is 7.93. The van der Waals surface area contributed by atoms with Crippen LogP contribution in [0.4, 0.5) is 0 Å². The monoisotopic (exact) mass is 311 g/mol. The Morgan fingerprint density at radius 1 is 1.17 bits per heavy atom. The Kier molecular flexibility index (Phi) is 4.51. The molecule has 0 radical (unpaired) electrons. The van der Waals surface area contributed by atoms with Crippen LogP contribution < -0.4 is 14.8 Å². The van der Waals surface area contributed by atoms with Crippen LogP contribution in [0.1, 0.15) is 30.5 Å². The Labute approximate surface area is 136 Å². The number of carbonyl (C=O) groups is 1. The molecule has 0 bridgehead atoms. The molecule has 0 spiro atoms. The molecular weight excluding hydrogens is 290 g/mol. The van der Waals surface area contributed by atoms with Gasteiger partial charge in [-0.25, -0.2) is 0 Å². The molecule has 0 fully saturated rings. The van der Waals surface area contributed by atoms with Crippen molar-refractivity contribution in [2.75, 3.05) is 6.61 Å². The molecule has 1 aliphatic heterocycles. The zero-order valence-corrected chi connectivity index (χ0v) is 13.4. The van der Waals surface area contributed by atoms with E-state index in [1.807, 2.05) is 31.2 Å². The van der Waals surface area contributed by atoms with Crippen LogP contribution in [0.2, 0.25) is 0 Å². The number of aryl methyl sites for hydroxylation is 1. The van der Waals surface area contributed by atoms with Crippen molar-refractivity contribution in [3.05, 3.63) is 59.7 Å². The molecule has 23 heavy (non-hydrogen) atoms. The van der Waals surface area contributed by atoms with Gasteiger partial charge in [0.05, 0.1) is 6.04 Å². The molecule has 0 saturated carbocycles. The summed E-state index contributed by atoms with van der Waals surface area (Å²) in [5.74, 6) is 1.15. The molecule has 4 nitrogen and oxygen atoms in total. The standard InChI is InChI=1S/C19H21NO3/c1-3-15(14-10-8-13(2)9-11-14)20-19(21)18-12-22-16-6-4-5-7-17(16)23-18/h4-11,15,18H,3,12H2,1-2H3,(H,20,21). The maximum atomic E-state index is 12.5. The minimum Gasteiger partial charge on any atom is -0.485 e. The number of fused-ring (bicyclic) bond motifs is 1. The van der Waals surface area contributed by atoms with Gasteiger partial charge in [0.15, 0.2) is 11.5 Å². The van der Waals surface area contributed by atoms with Crippen molar-refractivity contribution in [3.63, 3.8) is 0 Å². The molecular formula is C19H21NO3. The third kappa shape index (κ3) is 3.47. The molecule has 3 rings (SSSR count). The van der Waals surface area contributed by atoms with E-state index in [2.05, 4.69) is 36.5 Å². The van der Waals surface area contributed by atoms with E-state index in [1.54, 1.807) is 0 Å². The van der Waals surface area contributed by atoms with Crippen molar-refractivity contribution in [1.82, 2.24) is 5.32 Å². The molecule has 120 valence electrons. The topological polar surface area (TPSA) is 47.6 Å². The van der Waals surface area contributed by atoms with Gasteiger partial charge in [-0.1, -0.05) is 48.9 Å². The number of rotatable bonds is 4. The van der Waals surface area contributed by atoms with E-state index in [4.69, 9.17) is 9.47 Å². The molecule has 1 amide bonds. The number of ether oxygens (including phenoxy) is 2. The van der Waals surface area contributed by atoms with Gasteiger partial charge in [-0.05, 0) is 31.0 Å². The van der Waals surface area contributed by atoms with E-state index >= 15 is 0 Å². The van der Waals surface area contributed by atoms with E-state index in [9.17, 15) is 4.79 Å². The molecule has 2 aromatic rings. The third-order valence-corrected chi connectivity index (χ3v) is 4.01. The maximum absolute atomic E-state index is 12.5.